The van der Waals surface area contributed by atoms with Gasteiger partial charge in [0, 0.05) is 32.4 Å². The SMILES string of the molecule is CC1(C)CCCN(c2ccnc(NC[C@@H]3CCCO3)n2)C1. The molecule has 2 saturated heterocycles. The van der Waals surface area contributed by atoms with Crippen molar-refractivity contribution in [2.24, 2.45) is 5.41 Å². The predicted molar refractivity (Wildman–Crippen MR) is 84.7 cm³/mol. The van der Waals surface area contributed by atoms with Crippen molar-refractivity contribution < 1.29 is 4.74 Å². The lowest BCUT2D eigenvalue weighted by atomic mass is 9.84. The third-order valence-corrected chi connectivity index (χ3v) is 4.38. The Morgan fingerprint density at radius 2 is 2.33 bits per heavy atom. The maximum atomic E-state index is 5.62. The maximum absolute atomic E-state index is 5.62. The van der Waals surface area contributed by atoms with E-state index in [0.717, 1.165) is 44.9 Å². The standard InChI is InChI=1S/C16H26N4O/c1-16(2)7-4-9-20(12-16)14-6-8-17-15(19-14)18-11-13-5-3-10-21-13/h6,8,13H,3-5,7,9-12H2,1-2H3,(H,17,18,19)/t13-/m0/s1. The maximum Gasteiger partial charge on any atom is 0.224 e. The molecule has 0 spiro atoms. The third kappa shape index (κ3) is 3.84. The summed E-state index contributed by atoms with van der Waals surface area (Å²) >= 11 is 0. The molecule has 1 N–H and O–H groups in total. The van der Waals surface area contributed by atoms with E-state index >= 15 is 0 Å². The summed E-state index contributed by atoms with van der Waals surface area (Å²) in [4.78, 5) is 11.4. The molecule has 1 atom stereocenters. The predicted octanol–water partition coefficient (Wildman–Crippen LogP) is 2.69. The lowest BCUT2D eigenvalue weighted by molar-refractivity contribution is 0.120. The highest BCUT2D eigenvalue weighted by atomic mass is 16.5. The molecule has 3 rings (SSSR count). The average Bonchev–Trinajstić information content (AvgIpc) is 2.98. The molecular formula is C16H26N4O. The Labute approximate surface area is 127 Å². The van der Waals surface area contributed by atoms with Crippen LogP contribution in [0.5, 0.6) is 0 Å². The van der Waals surface area contributed by atoms with E-state index in [9.17, 15) is 0 Å². The van der Waals surface area contributed by atoms with Gasteiger partial charge < -0.3 is 15.0 Å². The molecule has 0 aliphatic carbocycles. The number of piperidine rings is 1. The van der Waals surface area contributed by atoms with Gasteiger partial charge in [0.1, 0.15) is 5.82 Å². The summed E-state index contributed by atoms with van der Waals surface area (Å²) in [5, 5.41) is 3.31. The second-order valence-corrected chi connectivity index (χ2v) is 6.94. The molecule has 0 unspecified atom stereocenters. The zero-order valence-corrected chi connectivity index (χ0v) is 13.1. The number of aromatic nitrogens is 2. The van der Waals surface area contributed by atoms with Crippen LogP contribution in [-0.2, 0) is 4.74 Å². The summed E-state index contributed by atoms with van der Waals surface area (Å²) < 4.78 is 5.62. The van der Waals surface area contributed by atoms with E-state index in [1.54, 1.807) is 0 Å². The highest BCUT2D eigenvalue weighted by Gasteiger charge is 2.27. The number of nitrogens with zero attached hydrogens (tertiary/aromatic N) is 3. The van der Waals surface area contributed by atoms with E-state index in [-0.39, 0.29) is 0 Å². The van der Waals surface area contributed by atoms with Gasteiger partial charge in [0.05, 0.1) is 6.10 Å². The molecule has 116 valence electrons. The van der Waals surface area contributed by atoms with E-state index in [1.807, 2.05) is 12.3 Å². The number of ether oxygens (including phenoxy) is 1. The number of rotatable bonds is 4. The molecule has 0 radical (unpaired) electrons. The Kier molecular flexibility index (Phi) is 4.29. The minimum atomic E-state index is 0.311. The Morgan fingerprint density at radius 3 is 3.10 bits per heavy atom. The number of hydrogen-bond donors (Lipinski definition) is 1. The van der Waals surface area contributed by atoms with Crippen molar-refractivity contribution in [2.45, 2.75) is 45.6 Å². The fourth-order valence-corrected chi connectivity index (χ4v) is 3.24. The van der Waals surface area contributed by atoms with Crippen LogP contribution in [0.2, 0.25) is 0 Å². The lowest BCUT2D eigenvalue weighted by Crippen LogP contribution is -2.40. The summed E-state index contributed by atoms with van der Waals surface area (Å²) in [6.07, 6.45) is 6.98. The first-order valence-electron chi connectivity index (χ1n) is 8.06. The number of nitrogens with one attached hydrogen (secondary N) is 1. The first-order chi connectivity index (χ1) is 10.1. The second kappa shape index (κ2) is 6.18. The van der Waals surface area contributed by atoms with Crippen LogP contribution >= 0.6 is 0 Å². The van der Waals surface area contributed by atoms with Gasteiger partial charge in [-0.25, -0.2) is 4.98 Å². The van der Waals surface area contributed by atoms with Gasteiger partial charge in [0.15, 0.2) is 0 Å². The minimum absolute atomic E-state index is 0.311. The van der Waals surface area contributed by atoms with Gasteiger partial charge in [-0.3, -0.25) is 0 Å². The van der Waals surface area contributed by atoms with E-state index in [1.165, 1.54) is 12.8 Å². The van der Waals surface area contributed by atoms with Crippen LogP contribution in [0.15, 0.2) is 12.3 Å². The first-order valence-corrected chi connectivity index (χ1v) is 8.06. The van der Waals surface area contributed by atoms with Gasteiger partial charge in [-0.15, -0.1) is 0 Å². The largest absolute Gasteiger partial charge is 0.376 e. The van der Waals surface area contributed by atoms with Gasteiger partial charge in [-0.05, 0) is 37.2 Å². The fraction of sp³-hybridized carbons (Fsp3) is 0.750. The van der Waals surface area contributed by atoms with Crippen LogP contribution in [0.25, 0.3) is 0 Å². The highest BCUT2D eigenvalue weighted by Crippen LogP contribution is 2.30. The van der Waals surface area contributed by atoms with Gasteiger partial charge in [0.25, 0.3) is 0 Å². The zero-order valence-electron chi connectivity index (χ0n) is 13.1. The van der Waals surface area contributed by atoms with Gasteiger partial charge >= 0.3 is 0 Å². The van der Waals surface area contributed by atoms with Crippen molar-refractivity contribution in [3.05, 3.63) is 12.3 Å². The van der Waals surface area contributed by atoms with Crippen molar-refractivity contribution >= 4 is 11.8 Å². The molecule has 2 aliphatic rings. The first kappa shape index (κ1) is 14.6. The van der Waals surface area contributed by atoms with Crippen molar-refractivity contribution in [3.63, 3.8) is 0 Å². The molecule has 2 fully saturated rings. The summed E-state index contributed by atoms with van der Waals surface area (Å²) in [6.45, 7) is 8.50. The average molecular weight is 290 g/mol. The van der Waals surface area contributed by atoms with Crippen molar-refractivity contribution in [2.75, 3.05) is 36.5 Å². The molecule has 1 aromatic heterocycles. The highest BCUT2D eigenvalue weighted by molar-refractivity contribution is 5.43. The molecule has 0 bridgehead atoms. The molecule has 0 saturated carbocycles. The Bertz CT molecular complexity index is 471. The van der Waals surface area contributed by atoms with Crippen molar-refractivity contribution in [1.82, 2.24) is 9.97 Å². The lowest BCUT2D eigenvalue weighted by Gasteiger charge is -2.38. The summed E-state index contributed by atoms with van der Waals surface area (Å²) in [6, 6.07) is 2.01. The van der Waals surface area contributed by atoms with Crippen LogP contribution in [0.1, 0.15) is 39.5 Å². The smallest absolute Gasteiger partial charge is 0.224 e. The Balaban J connectivity index is 1.62. The molecule has 2 aliphatic heterocycles. The molecule has 5 nitrogen and oxygen atoms in total. The third-order valence-electron chi connectivity index (χ3n) is 4.38. The van der Waals surface area contributed by atoms with E-state index in [4.69, 9.17) is 4.74 Å². The van der Waals surface area contributed by atoms with Gasteiger partial charge in [-0.2, -0.15) is 4.98 Å². The van der Waals surface area contributed by atoms with E-state index in [0.29, 0.717) is 17.5 Å². The van der Waals surface area contributed by atoms with Crippen LogP contribution in [-0.4, -0.2) is 42.3 Å². The van der Waals surface area contributed by atoms with Crippen LogP contribution in [0.3, 0.4) is 0 Å². The topological polar surface area (TPSA) is 50.3 Å². The molecule has 21 heavy (non-hydrogen) atoms. The quantitative estimate of drug-likeness (QED) is 0.924. The molecular weight excluding hydrogens is 264 g/mol. The number of anilines is 2. The summed E-state index contributed by atoms with van der Waals surface area (Å²) in [7, 11) is 0. The van der Waals surface area contributed by atoms with Crippen LogP contribution < -0.4 is 10.2 Å². The summed E-state index contributed by atoms with van der Waals surface area (Å²) in [5.41, 5.74) is 0.370. The minimum Gasteiger partial charge on any atom is -0.376 e. The normalized spacial score (nSPS) is 25.0. The molecule has 3 heterocycles. The van der Waals surface area contributed by atoms with Gasteiger partial charge in [-0.1, -0.05) is 13.8 Å². The fourth-order valence-electron chi connectivity index (χ4n) is 3.24. The molecule has 0 amide bonds. The summed E-state index contributed by atoms with van der Waals surface area (Å²) in [5.74, 6) is 1.75. The Morgan fingerprint density at radius 1 is 1.43 bits per heavy atom. The molecule has 5 heteroatoms. The molecule has 0 aromatic carbocycles. The van der Waals surface area contributed by atoms with Crippen LogP contribution in [0.4, 0.5) is 11.8 Å². The van der Waals surface area contributed by atoms with Crippen LogP contribution in [0, 0.1) is 5.41 Å². The number of hydrogen-bond acceptors (Lipinski definition) is 5. The Hall–Kier alpha value is -1.36. The van der Waals surface area contributed by atoms with E-state index in [2.05, 4.69) is 34.0 Å². The van der Waals surface area contributed by atoms with Gasteiger partial charge in [0.2, 0.25) is 5.95 Å². The van der Waals surface area contributed by atoms with E-state index < -0.39 is 0 Å². The van der Waals surface area contributed by atoms with Crippen molar-refractivity contribution in [3.8, 4) is 0 Å². The molecule has 1 aromatic rings. The van der Waals surface area contributed by atoms with Crippen molar-refractivity contribution in [1.29, 1.82) is 0 Å². The monoisotopic (exact) mass is 290 g/mol. The zero-order chi connectivity index (χ0) is 14.7. The second-order valence-electron chi connectivity index (χ2n) is 6.94.